The van der Waals surface area contributed by atoms with Crippen LogP contribution in [0.1, 0.15) is 0 Å². The first-order chi connectivity index (χ1) is 8.88. The fraction of sp³-hybridized carbons (Fsp3) is 0. The van der Waals surface area contributed by atoms with Gasteiger partial charge in [-0.25, -0.2) is 13.6 Å². The van der Waals surface area contributed by atoms with Gasteiger partial charge in [-0.15, -0.1) is 0 Å². The maximum atomic E-state index is 11.1. The van der Waals surface area contributed by atoms with Gasteiger partial charge in [-0.3, -0.25) is 10.1 Å². The number of nitrogens with zero attached hydrogens (tertiary/aromatic N) is 1. The number of nitro benzene ring substituents is 1. The van der Waals surface area contributed by atoms with Crippen LogP contribution < -0.4 is 5.14 Å². The normalized spacial score (nSPS) is 11.2. The minimum atomic E-state index is -3.73. The molecule has 0 saturated heterocycles. The summed E-state index contributed by atoms with van der Waals surface area (Å²) in [5.74, 6) is 0. The molecule has 19 heavy (non-hydrogen) atoms. The zero-order chi connectivity index (χ0) is 14.0. The van der Waals surface area contributed by atoms with E-state index in [9.17, 15) is 18.5 Å². The van der Waals surface area contributed by atoms with Crippen LogP contribution in [0.5, 0.6) is 0 Å². The minimum absolute atomic E-state index is 0.00156. The third-order valence-electron chi connectivity index (χ3n) is 2.57. The van der Waals surface area contributed by atoms with E-state index < -0.39 is 14.9 Å². The molecule has 0 radical (unpaired) electrons. The van der Waals surface area contributed by atoms with Crippen molar-refractivity contribution in [3.63, 3.8) is 0 Å². The molecule has 0 aliphatic carbocycles. The van der Waals surface area contributed by atoms with Crippen molar-refractivity contribution in [3.05, 3.63) is 58.6 Å². The second-order valence-electron chi connectivity index (χ2n) is 3.88. The number of hydrogen-bond donors (Lipinski definition) is 1. The highest BCUT2D eigenvalue weighted by Crippen LogP contribution is 2.24. The Bertz CT molecular complexity index is 724. The Morgan fingerprint density at radius 1 is 1.00 bits per heavy atom. The van der Waals surface area contributed by atoms with Crippen LogP contribution >= 0.6 is 0 Å². The molecule has 2 rings (SSSR count). The van der Waals surface area contributed by atoms with Crippen LogP contribution in [0.3, 0.4) is 0 Å². The quantitative estimate of drug-likeness (QED) is 0.684. The molecule has 6 nitrogen and oxygen atoms in total. The first-order valence-corrected chi connectivity index (χ1v) is 6.80. The number of nitrogens with two attached hydrogens (primary N) is 1. The van der Waals surface area contributed by atoms with Crippen molar-refractivity contribution < 1.29 is 13.3 Å². The Morgan fingerprint density at radius 3 is 2.16 bits per heavy atom. The molecule has 0 amide bonds. The van der Waals surface area contributed by atoms with Gasteiger partial charge >= 0.3 is 0 Å². The monoisotopic (exact) mass is 278 g/mol. The van der Waals surface area contributed by atoms with Crippen molar-refractivity contribution >= 4 is 15.7 Å². The molecule has 0 unspecified atom stereocenters. The summed E-state index contributed by atoms with van der Waals surface area (Å²) in [7, 11) is -3.73. The Kier molecular flexibility index (Phi) is 3.32. The zero-order valence-electron chi connectivity index (χ0n) is 9.68. The van der Waals surface area contributed by atoms with Gasteiger partial charge in [-0.1, -0.05) is 24.3 Å². The first kappa shape index (κ1) is 13.2. The van der Waals surface area contributed by atoms with Crippen molar-refractivity contribution in [2.45, 2.75) is 4.90 Å². The van der Waals surface area contributed by atoms with Crippen molar-refractivity contribution in [2.75, 3.05) is 0 Å². The van der Waals surface area contributed by atoms with E-state index in [1.54, 1.807) is 24.3 Å². The van der Waals surface area contributed by atoms with Crippen LogP contribution in [0.2, 0.25) is 0 Å². The maximum Gasteiger partial charge on any atom is 0.270 e. The van der Waals surface area contributed by atoms with Gasteiger partial charge in [0, 0.05) is 12.1 Å². The van der Waals surface area contributed by atoms with Gasteiger partial charge in [-0.2, -0.15) is 0 Å². The lowest BCUT2D eigenvalue weighted by molar-refractivity contribution is -0.384. The predicted octanol–water partition coefficient (Wildman–Crippen LogP) is 1.91. The summed E-state index contributed by atoms with van der Waals surface area (Å²) < 4.78 is 22.2. The van der Waals surface area contributed by atoms with E-state index in [2.05, 4.69) is 0 Å². The highest BCUT2D eigenvalue weighted by Gasteiger charge is 2.09. The van der Waals surface area contributed by atoms with Gasteiger partial charge in [0.15, 0.2) is 0 Å². The SMILES string of the molecule is NS(=O)(=O)c1ccc(-c2cccc([N+](=O)[O-])c2)cc1. The van der Waals surface area contributed by atoms with Crippen LogP contribution in [-0.4, -0.2) is 13.3 Å². The molecule has 0 fully saturated rings. The molecule has 2 N–H and O–H groups in total. The lowest BCUT2D eigenvalue weighted by Crippen LogP contribution is -2.11. The number of primary sulfonamides is 1. The van der Waals surface area contributed by atoms with E-state index in [1.807, 2.05) is 0 Å². The number of non-ortho nitro benzene ring substituents is 1. The number of hydrogen-bond acceptors (Lipinski definition) is 4. The summed E-state index contributed by atoms with van der Waals surface area (Å²) >= 11 is 0. The van der Waals surface area contributed by atoms with E-state index in [1.165, 1.54) is 24.3 Å². The average molecular weight is 278 g/mol. The molecular weight excluding hydrogens is 268 g/mol. The van der Waals surface area contributed by atoms with E-state index in [0.29, 0.717) is 11.1 Å². The van der Waals surface area contributed by atoms with Gasteiger partial charge in [0.2, 0.25) is 10.0 Å². The molecule has 0 heterocycles. The van der Waals surface area contributed by atoms with Gasteiger partial charge < -0.3 is 0 Å². The van der Waals surface area contributed by atoms with Gasteiger partial charge in [0.05, 0.1) is 9.82 Å². The molecule has 0 spiro atoms. The molecule has 0 aliphatic heterocycles. The van der Waals surface area contributed by atoms with Crippen LogP contribution in [0.4, 0.5) is 5.69 Å². The predicted molar refractivity (Wildman–Crippen MR) is 69.9 cm³/mol. The standard InChI is InChI=1S/C12H10N2O4S/c13-19(17,18)12-6-4-9(5-7-12)10-2-1-3-11(8-10)14(15)16/h1-8H,(H2,13,17,18). The minimum Gasteiger partial charge on any atom is -0.258 e. The van der Waals surface area contributed by atoms with Crippen molar-refractivity contribution in [3.8, 4) is 11.1 Å². The number of rotatable bonds is 3. The zero-order valence-corrected chi connectivity index (χ0v) is 10.5. The summed E-state index contributed by atoms with van der Waals surface area (Å²) in [6.45, 7) is 0. The van der Waals surface area contributed by atoms with Crippen molar-refractivity contribution in [1.82, 2.24) is 0 Å². The molecule has 0 aliphatic rings. The molecule has 0 aromatic heterocycles. The molecule has 98 valence electrons. The fourth-order valence-electron chi connectivity index (χ4n) is 1.64. The second-order valence-corrected chi connectivity index (χ2v) is 5.44. The average Bonchev–Trinajstić information content (AvgIpc) is 2.38. The van der Waals surface area contributed by atoms with Gasteiger partial charge in [0.1, 0.15) is 0 Å². The largest absolute Gasteiger partial charge is 0.270 e. The van der Waals surface area contributed by atoms with E-state index in [0.717, 1.165) is 0 Å². The summed E-state index contributed by atoms with van der Waals surface area (Å²) in [6, 6.07) is 11.9. The van der Waals surface area contributed by atoms with E-state index >= 15 is 0 Å². The molecule has 0 saturated carbocycles. The number of sulfonamides is 1. The van der Waals surface area contributed by atoms with Crippen molar-refractivity contribution in [1.29, 1.82) is 0 Å². The van der Waals surface area contributed by atoms with Crippen LogP contribution in [0, 0.1) is 10.1 Å². The molecular formula is C12H10N2O4S. The second kappa shape index (κ2) is 4.79. The van der Waals surface area contributed by atoms with E-state index in [4.69, 9.17) is 5.14 Å². The highest BCUT2D eigenvalue weighted by molar-refractivity contribution is 7.89. The van der Waals surface area contributed by atoms with Crippen LogP contribution in [0.25, 0.3) is 11.1 Å². The Hall–Kier alpha value is -2.25. The third-order valence-corrected chi connectivity index (χ3v) is 3.50. The Balaban J connectivity index is 2.43. The smallest absolute Gasteiger partial charge is 0.258 e. The Labute approximate surface area is 109 Å². The third kappa shape index (κ3) is 2.95. The van der Waals surface area contributed by atoms with E-state index in [-0.39, 0.29) is 10.6 Å². The van der Waals surface area contributed by atoms with Gasteiger partial charge in [-0.05, 0) is 23.3 Å². The molecule has 0 atom stereocenters. The van der Waals surface area contributed by atoms with Crippen molar-refractivity contribution in [2.24, 2.45) is 5.14 Å². The molecule has 2 aromatic carbocycles. The topological polar surface area (TPSA) is 103 Å². The molecule has 7 heteroatoms. The summed E-state index contributed by atoms with van der Waals surface area (Å²) in [4.78, 5) is 10.2. The molecule has 0 bridgehead atoms. The van der Waals surface area contributed by atoms with Crippen LogP contribution in [-0.2, 0) is 10.0 Å². The Morgan fingerprint density at radius 2 is 1.63 bits per heavy atom. The highest BCUT2D eigenvalue weighted by atomic mass is 32.2. The number of benzene rings is 2. The maximum absolute atomic E-state index is 11.1. The summed E-state index contributed by atoms with van der Waals surface area (Å²) in [6.07, 6.45) is 0. The fourth-order valence-corrected chi connectivity index (χ4v) is 2.15. The summed E-state index contributed by atoms with van der Waals surface area (Å²) in [5, 5.41) is 15.7. The molecule has 2 aromatic rings. The summed E-state index contributed by atoms with van der Waals surface area (Å²) in [5.41, 5.74) is 1.29. The number of nitro groups is 1. The van der Waals surface area contributed by atoms with Crippen LogP contribution in [0.15, 0.2) is 53.4 Å². The lowest BCUT2D eigenvalue weighted by Gasteiger charge is -2.03. The van der Waals surface area contributed by atoms with Gasteiger partial charge in [0.25, 0.3) is 5.69 Å². The first-order valence-electron chi connectivity index (χ1n) is 5.25. The lowest BCUT2D eigenvalue weighted by atomic mass is 10.1.